The van der Waals surface area contributed by atoms with Gasteiger partial charge in [0.1, 0.15) is 12.2 Å². The fourth-order valence-electron chi connectivity index (χ4n) is 7.06. The van der Waals surface area contributed by atoms with Gasteiger partial charge in [-0.05, 0) is 60.2 Å². The standard InChI is InChI=1S/C34H35ClN4O4/c1-3-34(42)17-30(40)43-19-24-25(34)15-29-32-23(18-39(29)33(24)41)31(22-13-20(2)26(35)16-27(22)37-32)28(38-11-9-36-10-12-38)14-21-7-5-4-6-8-21/h4-8,13,15-16,28,36,42H,3,9-12,14,17-19H2,1-2H3. The van der Waals surface area contributed by atoms with E-state index in [9.17, 15) is 14.7 Å². The molecule has 43 heavy (non-hydrogen) atoms. The molecule has 0 spiro atoms. The summed E-state index contributed by atoms with van der Waals surface area (Å²) in [6.45, 7) is 7.64. The van der Waals surface area contributed by atoms with Gasteiger partial charge in [0.25, 0.3) is 5.56 Å². The summed E-state index contributed by atoms with van der Waals surface area (Å²) in [5.41, 5.74) is 5.61. The number of hydrogen-bond acceptors (Lipinski definition) is 7. The summed E-state index contributed by atoms with van der Waals surface area (Å²) in [4.78, 5) is 34.2. The van der Waals surface area contributed by atoms with Gasteiger partial charge < -0.3 is 19.7 Å². The normalized spacial score (nSPS) is 20.7. The molecular weight excluding hydrogens is 564 g/mol. The highest BCUT2D eigenvalue weighted by atomic mass is 35.5. The molecule has 2 N–H and O–H groups in total. The molecule has 222 valence electrons. The van der Waals surface area contributed by atoms with Gasteiger partial charge in [0.2, 0.25) is 0 Å². The van der Waals surface area contributed by atoms with Crippen LogP contribution >= 0.6 is 11.6 Å². The molecule has 0 bridgehead atoms. The molecule has 1 fully saturated rings. The van der Waals surface area contributed by atoms with E-state index in [4.69, 9.17) is 21.3 Å². The first kappa shape index (κ1) is 28.2. The number of cyclic esters (lactones) is 1. The molecular formula is C34H35ClN4O4. The lowest BCUT2D eigenvalue weighted by molar-refractivity contribution is -0.149. The first-order chi connectivity index (χ1) is 20.8. The van der Waals surface area contributed by atoms with Crippen LogP contribution < -0.4 is 10.9 Å². The molecule has 5 heterocycles. The number of piperazine rings is 1. The molecule has 3 aliphatic rings. The zero-order valence-electron chi connectivity index (χ0n) is 24.5. The second-order valence-corrected chi connectivity index (χ2v) is 12.4. The maximum atomic E-state index is 14.1. The fraction of sp³-hybridized carbons (Fsp3) is 0.382. The van der Waals surface area contributed by atoms with Gasteiger partial charge in [-0.1, -0.05) is 48.9 Å². The number of carbonyl (C=O) groups excluding carboxylic acids is 1. The first-order valence-corrected chi connectivity index (χ1v) is 15.4. The van der Waals surface area contributed by atoms with E-state index < -0.39 is 11.6 Å². The number of halogens is 1. The number of esters is 1. The summed E-state index contributed by atoms with van der Waals surface area (Å²) in [6.07, 6.45) is 0.888. The SMILES string of the molecule is CCC1(O)CC(=O)OCc2c1cc1n(c2=O)Cc2c-1nc1cc(Cl)c(C)cc1c2C(Cc1ccccc1)N1CCNCC1. The quantitative estimate of drug-likeness (QED) is 0.285. The second-order valence-electron chi connectivity index (χ2n) is 12.0. The van der Waals surface area contributed by atoms with Crippen molar-refractivity contribution in [2.24, 2.45) is 0 Å². The number of aliphatic hydroxyl groups is 1. The molecule has 2 aromatic carbocycles. The minimum absolute atomic E-state index is 0.0423. The maximum Gasteiger partial charge on any atom is 0.309 e. The monoisotopic (exact) mass is 598 g/mol. The molecule has 9 heteroatoms. The minimum atomic E-state index is -1.49. The lowest BCUT2D eigenvalue weighted by Crippen LogP contribution is -2.46. The van der Waals surface area contributed by atoms with E-state index in [1.54, 1.807) is 4.57 Å². The van der Waals surface area contributed by atoms with Gasteiger partial charge in [-0.3, -0.25) is 14.5 Å². The lowest BCUT2D eigenvalue weighted by Gasteiger charge is -2.37. The van der Waals surface area contributed by atoms with Crippen LogP contribution in [0.2, 0.25) is 5.02 Å². The smallest absolute Gasteiger partial charge is 0.309 e. The third-order valence-electron chi connectivity index (χ3n) is 9.47. The predicted octanol–water partition coefficient (Wildman–Crippen LogP) is 4.62. The van der Waals surface area contributed by atoms with Crippen LogP contribution in [0.15, 0.2) is 53.3 Å². The Hall–Kier alpha value is -3.56. The Balaban J connectivity index is 1.50. The number of benzene rings is 2. The van der Waals surface area contributed by atoms with Gasteiger partial charge >= 0.3 is 5.97 Å². The molecule has 2 aromatic heterocycles. The van der Waals surface area contributed by atoms with Crippen molar-refractivity contribution in [3.8, 4) is 11.4 Å². The second kappa shape index (κ2) is 10.9. The fourth-order valence-corrected chi connectivity index (χ4v) is 7.22. The van der Waals surface area contributed by atoms with Crippen LogP contribution in [0.25, 0.3) is 22.3 Å². The number of rotatable bonds is 5. The average Bonchev–Trinajstić information content (AvgIpc) is 3.32. The van der Waals surface area contributed by atoms with E-state index in [1.807, 2.05) is 32.0 Å². The summed E-state index contributed by atoms with van der Waals surface area (Å²) in [5, 5.41) is 16.8. The number of nitrogens with zero attached hydrogens (tertiary/aromatic N) is 3. The highest BCUT2D eigenvalue weighted by Gasteiger charge is 2.40. The molecule has 0 amide bonds. The number of nitrogens with one attached hydrogen (secondary N) is 1. The molecule has 3 aliphatic heterocycles. The Kier molecular flexibility index (Phi) is 7.13. The summed E-state index contributed by atoms with van der Waals surface area (Å²) in [6, 6.07) is 16.5. The van der Waals surface area contributed by atoms with Crippen LogP contribution in [0.3, 0.4) is 0 Å². The lowest BCUT2D eigenvalue weighted by atomic mass is 9.85. The van der Waals surface area contributed by atoms with Crippen molar-refractivity contribution >= 4 is 28.5 Å². The number of aromatic nitrogens is 2. The molecule has 8 nitrogen and oxygen atoms in total. The van der Waals surface area contributed by atoms with Crippen molar-refractivity contribution in [2.45, 2.75) is 57.9 Å². The third kappa shape index (κ3) is 4.77. The van der Waals surface area contributed by atoms with Crippen LogP contribution in [-0.2, 0) is 34.7 Å². The average molecular weight is 599 g/mol. The Bertz CT molecular complexity index is 1820. The Morgan fingerprint density at radius 1 is 1.12 bits per heavy atom. The molecule has 1 saturated heterocycles. The zero-order chi connectivity index (χ0) is 29.9. The topological polar surface area (TPSA) is 96.7 Å². The molecule has 0 radical (unpaired) electrons. The Morgan fingerprint density at radius 2 is 1.88 bits per heavy atom. The molecule has 4 aromatic rings. The van der Waals surface area contributed by atoms with E-state index in [0.717, 1.165) is 60.3 Å². The van der Waals surface area contributed by atoms with E-state index >= 15 is 0 Å². The number of ether oxygens (including phenoxy) is 1. The highest BCUT2D eigenvalue weighted by molar-refractivity contribution is 6.32. The first-order valence-electron chi connectivity index (χ1n) is 15.0. The van der Waals surface area contributed by atoms with E-state index in [1.165, 1.54) is 11.1 Å². The summed E-state index contributed by atoms with van der Waals surface area (Å²) in [5.74, 6) is -0.512. The van der Waals surface area contributed by atoms with Crippen molar-refractivity contribution < 1.29 is 14.6 Å². The van der Waals surface area contributed by atoms with Gasteiger partial charge in [0.05, 0.1) is 35.4 Å². The van der Waals surface area contributed by atoms with Gasteiger partial charge in [-0.15, -0.1) is 0 Å². The van der Waals surface area contributed by atoms with Crippen LogP contribution in [0.4, 0.5) is 0 Å². The predicted molar refractivity (Wildman–Crippen MR) is 166 cm³/mol. The van der Waals surface area contributed by atoms with Gasteiger partial charge in [0.15, 0.2) is 0 Å². The Morgan fingerprint density at radius 3 is 2.63 bits per heavy atom. The summed E-state index contributed by atoms with van der Waals surface area (Å²) >= 11 is 6.66. The molecule has 2 atom stereocenters. The van der Waals surface area contributed by atoms with Crippen molar-refractivity contribution in [2.75, 3.05) is 26.2 Å². The van der Waals surface area contributed by atoms with Crippen molar-refractivity contribution in [1.29, 1.82) is 0 Å². The molecule has 2 unspecified atom stereocenters. The van der Waals surface area contributed by atoms with Gasteiger partial charge in [0, 0.05) is 48.2 Å². The number of hydrogen-bond donors (Lipinski definition) is 2. The Labute approximate surface area is 255 Å². The van der Waals surface area contributed by atoms with Crippen LogP contribution in [0.1, 0.15) is 59.2 Å². The minimum Gasteiger partial charge on any atom is -0.460 e. The van der Waals surface area contributed by atoms with Crippen molar-refractivity contribution in [3.63, 3.8) is 0 Å². The number of pyridine rings is 2. The maximum absolute atomic E-state index is 14.1. The van der Waals surface area contributed by atoms with Crippen LogP contribution in [0.5, 0.6) is 0 Å². The third-order valence-corrected chi connectivity index (χ3v) is 9.87. The largest absolute Gasteiger partial charge is 0.460 e. The van der Waals surface area contributed by atoms with E-state index in [0.29, 0.717) is 28.4 Å². The van der Waals surface area contributed by atoms with Crippen LogP contribution in [-0.4, -0.2) is 51.7 Å². The van der Waals surface area contributed by atoms with E-state index in [2.05, 4.69) is 40.5 Å². The zero-order valence-corrected chi connectivity index (χ0v) is 25.2. The highest BCUT2D eigenvalue weighted by Crippen LogP contribution is 2.44. The van der Waals surface area contributed by atoms with Crippen molar-refractivity contribution in [1.82, 2.24) is 19.8 Å². The van der Waals surface area contributed by atoms with Gasteiger partial charge in [-0.25, -0.2) is 4.98 Å². The number of fused-ring (bicyclic) bond motifs is 5. The molecule has 0 saturated carbocycles. The summed E-state index contributed by atoms with van der Waals surface area (Å²) in [7, 11) is 0. The molecule has 7 rings (SSSR count). The van der Waals surface area contributed by atoms with E-state index in [-0.39, 0.29) is 31.0 Å². The number of aryl methyl sites for hydroxylation is 1. The van der Waals surface area contributed by atoms with Crippen molar-refractivity contribution in [3.05, 3.63) is 97.3 Å². The van der Waals surface area contributed by atoms with Gasteiger partial charge in [-0.2, -0.15) is 0 Å². The number of carbonyl (C=O) groups is 1. The summed E-state index contributed by atoms with van der Waals surface area (Å²) < 4.78 is 7.12. The molecule has 0 aliphatic carbocycles. The van der Waals surface area contributed by atoms with Crippen LogP contribution in [0, 0.1) is 6.92 Å².